The number of hydrogen-bond acceptors (Lipinski definition) is 1. The third-order valence-corrected chi connectivity index (χ3v) is 6.73. The zero-order valence-corrected chi connectivity index (χ0v) is 11.9. The van der Waals surface area contributed by atoms with Crippen LogP contribution in [0, 0.1) is 11.3 Å². The van der Waals surface area contributed by atoms with E-state index in [9.17, 15) is 4.79 Å². The molecule has 3 aliphatic carbocycles. The average Bonchev–Trinajstić information content (AvgIpc) is 2.62. The van der Waals surface area contributed by atoms with Crippen molar-refractivity contribution in [2.75, 3.05) is 0 Å². The van der Waals surface area contributed by atoms with Gasteiger partial charge in [-0.05, 0) is 19.3 Å². The van der Waals surface area contributed by atoms with Gasteiger partial charge in [-0.2, -0.15) is 0 Å². The standard InChI is InChI=1S/C15H20OSi/c1-17(2,3)13-11-7-4-5-9-15(14(11)16)10-6-8-12(13)15/h4-5,7,9,11H,6,8,10H2,1-3H3/t11-,15-/m0/s1. The fraction of sp³-hybridized carbons (Fsp3) is 0.533. The average molecular weight is 244 g/mol. The fourth-order valence-corrected chi connectivity index (χ4v) is 6.34. The van der Waals surface area contributed by atoms with Gasteiger partial charge in [-0.1, -0.05) is 54.7 Å². The predicted molar refractivity (Wildman–Crippen MR) is 73.4 cm³/mol. The normalized spacial score (nSPS) is 35.5. The summed E-state index contributed by atoms with van der Waals surface area (Å²) in [4.78, 5) is 12.7. The van der Waals surface area contributed by atoms with Gasteiger partial charge in [-0.3, -0.25) is 4.79 Å². The van der Waals surface area contributed by atoms with Crippen molar-refractivity contribution >= 4 is 13.9 Å². The second kappa shape index (κ2) is 3.32. The first-order valence-corrected chi connectivity index (χ1v) is 10.1. The van der Waals surface area contributed by atoms with Crippen LogP contribution < -0.4 is 0 Å². The van der Waals surface area contributed by atoms with E-state index >= 15 is 0 Å². The zero-order valence-electron chi connectivity index (χ0n) is 10.9. The Bertz CT molecular complexity index is 476. The van der Waals surface area contributed by atoms with Gasteiger partial charge in [0.2, 0.25) is 0 Å². The van der Waals surface area contributed by atoms with Crippen LogP contribution in [0.15, 0.2) is 35.1 Å². The summed E-state index contributed by atoms with van der Waals surface area (Å²) in [5.41, 5.74) is 1.32. The van der Waals surface area contributed by atoms with Crippen LogP contribution in [0.1, 0.15) is 19.3 Å². The zero-order chi connectivity index (χ0) is 12.3. The SMILES string of the molecule is C[Si](C)(C)C1=C2CCC[C@@]23C=CC=C[C@@H]1C3=O. The molecule has 3 aliphatic rings. The molecule has 1 nitrogen and oxygen atoms in total. The van der Waals surface area contributed by atoms with E-state index in [0.29, 0.717) is 5.78 Å². The van der Waals surface area contributed by atoms with E-state index in [4.69, 9.17) is 0 Å². The number of allylic oxidation sites excluding steroid dienone is 6. The van der Waals surface area contributed by atoms with E-state index in [1.165, 1.54) is 12.0 Å². The highest BCUT2D eigenvalue weighted by Gasteiger charge is 2.55. The number of ketones is 1. The second-order valence-electron chi connectivity index (χ2n) is 6.55. The number of carbonyl (C=O) groups excluding carboxylic acids is 1. The van der Waals surface area contributed by atoms with Crippen molar-refractivity contribution in [3.63, 3.8) is 0 Å². The molecule has 2 atom stereocenters. The summed E-state index contributed by atoms with van der Waals surface area (Å²) in [5, 5.41) is 1.54. The van der Waals surface area contributed by atoms with E-state index in [0.717, 1.165) is 12.8 Å². The number of Topliss-reactive ketones (excluding diaryl/α,β-unsaturated/α-hetero) is 1. The Morgan fingerprint density at radius 1 is 1.29 bits per heavy atom. The van der Waals surface area contributed by atoms with Crippen LogP contribution in [0.3, 0.4) is 0 Å². The molecule has 0 heterocycles. The van der Waals surface area contributed by atoms with Crippen LogP contribution in [0.25, 0.3) is 0 Å². The molecule has 2 heteroatoms. The van der Waals surface area contributed by atoms with Crippen LogP contribution in [-0.4, -0.2) is 13.9 Å². The molecule has 17 heavy (non-hydrogen) atoms. The number of fused-ring (bicyclic) bond motifs is 1. The minimum Gasteiger partial charge on any atom is -0.297 e. The van der Waals surface area contributed by atoms with Gasteiger partial charge in [0.05, 0.1) is 19.4 Å². The van der Waals surface area contributed by atoms with Crippen molar-refractivity contribution in [3.8, 4) is 0 Å². The van der Waals surface area contributed by atoms with Gasteiger partial charge in [0.1, 0.15) is 0 Å². The lowest BCUT2D eigenvalue weighted by Crippen LogP contribution is -2.30. The Balaban J connectivity index is 2.27. The summed E-state index contributed by atoms with van der Waals surface area (Å²) < 4.78 is 0. The van der Waals surface area contributed by atoms with Gasteiger partial charge in [-0.15, -0.1) is 0 Å². The van der Waals surface area contributed by atoms with E-state index in [-0.39, 0.29) is 11.3 Å². The van der Waals surface area contributed by atoms with Gasteiger partial charge >= 0.3 is 0 Å². The fourth-order valence-electron chi connectivity index (χ4n) is 3.93. The largest absolute Gasteiger partial charge is 0.297 e. The number of rotatable bonds is 1. The van der Waals surface area contributed by atoms with Crippen molar-refractivity contribution in [3.05, 3.63) is 35.1 Å². The topological polar surface area (TPSA) is 17.1 Å². The maximum absolute atomic E-state index is 12.7. The third-order valence-electron chi connectivity index (χ3n) is 4.50. The van der Waals surface area contributed by atoms with E-state index < -0.39 is 8.07 Å². The van der Waals surface area contributed by atoms with Crippen LogP contribution >= 0.6 is 0 Å². The Kier molecular flexibility index (Phi) is 2.19. The summed E-state index contributed by atoms with van der Waals surface area (Å²) in [5.74, 6) is 0.569. The van der Waals surface area contributed by atoms with E-state index in [1.807, 2.05) is 0 Å². The summed E-state index contributed by atoms with van der Waals surface area (Å²) in [7, 11) is -1.39. The first kappa shape index (κ1) is 11.2. The minimum absolute atomic E-state index is 0.104. The quantitative estimate of drug-likeness (QED) is 0.643. The first-order chi connectivity index (χ1) is 7.97. The maximum Gasteiger partial charge on any atom is 0.157 e. The highest BCUT2D eigenvalue weighted by atomic mass is 28.3. The van der Waals surface area contributed by atoms with Crippen molar-refractivity contribution in [2.45, 2.75) is 38.9 Å². The highest BCUT2D eigenvalue weighted by Crippen LogP contribution is 2.57. The summed E-state index contributed by atoms with van der Waals surface area (Å²) in [6.45, 7) is 7.13. The van der Waals surface area contributed by atoms with Crippen molar-refractivity contribution in [2.24, 2.45) is 11.3 Å². The van der Waals surface area contributed by atoms with Gasteiger partial charge in [0, 0.05) is 0 Å². The van der Waals surface area contributed by atoms with E-state index in [1.54, 1.807) is 5.20 Å². The number of carbonyl (C=O) groups is 1. The molecule has 0 aliphatic heterocycles. The van der Waals surface area contributed by atoms with Crippen molar-refractivity contribution < 1.29 is 4.79 Å². The second-order valence-corrected chi connectivity index (χ2v) is 11.6. The smallest absolute Gasteiger partial charge is 0.157 e. The minimum atomic E-state index is -1.39. The molecule has 0 unspecified atom stereocenters. The highest BCUT2D eigenvalue weighted by molar-refractivity contribution is 6.84. The monoisotopic (exact) mass is 244 g/mol. The molecule has 90 valence electrons. The first-order valence-electron chi connectivity index (χ1n) is 6.61. The Hall–Kier alpha value is -0.893. The molecular weight excluding hydrogens is 224 g/mol. The van der Waals surface area contributed by atoms with Crippen molar-refractivity contribution in [1.29, 1.82) is 0 Å². The Labute approximate surface area is 104 Å². The Morgan fingerprint density at radius 2 is 2.06 bits per heavy atom. The molecule has 1 spiro atoms. The molecule has 3 rings (SSSR count). The third kappa shape index (κ3) is 1.33. The molecular formula is C15H20OSi. The van der Waals surface area contributed by atoms with Gasteiger partial charge in [-0.25, -0.2) is 0 Å². The molecule has 0 aromatic carbocycles. The van der Waals surface area contributed by atoms with Crippen LogP contribution in [0.4, 0.5) is 0 Å². The molecule has 0 radical (unpaired) electrons. The molecule has 0 aromatic rings. The molecule has 1 fully saturated rings. The lowest BCUT2D eigenvalue weighted by molar-refractivity contribution is -0.124. The van der Waals surface area contributed by atoms with Gasteiger partial charge < -0.3 is 0 Å². The molecule has 2 bridgehead atoms. The maximum atomic E-state index is 12.7. The van der Waals surface area contributed by atoms with Crippen molar-refractivity contribution in [1.82, 2.24) is 0 Å². The lowest BCUT2D eigenvalue weighted by Gasteiger charge is -2.24. The predicted octanol–water partition coefficient (Wildman–Crippen LogP) is 3.66. The summed E-state index contributed by atoms with van der Waals surface area (Å²) in [6.07, 6.45) is 11.9. The lowest BCUT2D eigenvalue weighted by atomic mass is 9.81. The van der Waals surface area contributed by atoms with Gasteiger partial charge in [0.15, 0.2) is 5.78 Å². The van der Waals surface area contributed by atoms with Gasteiger partial charge in [0.25, 0.3) is 0 Å². The summed E-state index contributed by atoms with van der Waals surface area (Å²) in [6, 6.07) is 0. The molecule has 0 amide bonds. The number of hydrogen-bond donors (Lipinski definition) is 0. The van der Waals surface area contributed by atoms with Crippen LogP contribution in [0.5, 0.6) is 0 Å². The summed E-state index contributed by atoms with van der Waals surface area (Å²) >= 11 is 0. The molecule has 0 saturated heterocycles. The molecule has 0 aromatic heterocycles. The van der Waals surface area contributed by atoms with Crippen LogP contribution in [-0.2, 0) is 4.79 Å². The molecule has 0 N–H and O–H groups in total. The van der Waals surface area contributed by atoms with E-state index in [2.05, 4.69) is 43.9 Å². The van der Waals surface area contributed by atoms with Crippen LogP contribution in [0.2, 0.25) is 19.6 Å². The molecule has 1 saturated carbocycles. The Morgan fingerprint density at radius 3 is 2.76 bits per heavy atom.